The molecule has 0 aromatic heterocycles. The summed E-state index contributed by atoms with van der Waals surface area (Å²) in [5.41, 5.74) is 0. The Labute approximate surface area is 510 Å². The van der Waals surface area contributed by atoms with Crippen molar-refractivity contribution in [2.45, 2.75) is 334 Å². The summed E-state index contributed by atoms with van der Waals surface area (Å²) in [6.07, 6.45) is 112. The topological polar surface area (TPSA) is 69.6 Å². The Bertz CT molecular complexity index is 1670. The lowest BCUT2D eigenvalue weighted by atomic mass is 10.0. The Balaban J connectivity index is 3.59. The molecule has 0 bridgehead atoms. The van der Waals surface area contributed by atoms with Gasteiger partial charge in [-0.1, -0.05) is 346 Å². The first-order valence-corrected chi connectivity index (χ1v) is 35.0. The summed E-state index contributed by atoms with van der Waals surface area (Å²) in [5.74, 6) is -0.0842. The van der Waals surface area contributed by atoms with E-state index in [0.29, 0.717) is 6.42 Å². The van der Waals surface area contributed by atoms with Gasteiger partial charge in [-0.25, -0.2) is 0 Å². The van der Waals surface area contributed by atoms with E-state index in [1.54, 1.807) is 6.08 Å². The van der Waals surface area contributed by atoms with Gasteiger partial charge in [-0.05, 0) is 116 Å². The second-order valence-corrected chi connectivity index (χ2v) is 23.2. The van der Waals surface area contributed by atoms with Gasteiger partial charge in [0.1, 0.15) is 0 Å². The molecule has 2 unspecified atom stereocenters. The molecule has 0 aliphatic heterocycles. The molecule has 0 saturated heterocycles. The normalized spacial score (nSPS) is 13.7. The number of nitrogens with one attached hydrogen (secondary N) is 1. The number of unbranched alkanes of at least 4 members (excludes halogenated alkanes) is 34. The molecule has 0 spiro atoms. The molecule has 0 aliphatic rings. The van der Waals surface area contributed by atoms with Crippen LogP contribution in [-0.4, -0.2) is 34.9 Å². The maximum Gasteiger partial charge on any atom is 0.220 e. The predicted molar refractivity (Wildman–Crippen MR) is 368 cm³/mol. The number of carbonyl (C=O) groups is 1. The van der Waals surface area contributed by atoms with Crippen molar-refractivity contribution in [3.63, 3.8) is 0 Å². The zero-order chi connectivity index (χ0) is 59.1. The smallest absolute Gasteiger partial charge is 0.220 e. The predicted octanol–water partition coefficient (Wildman–Crippen LogP) is 24.3. The third-order valence-electron chi connectivity index (χ3n) is 15.3. The van der Waals surface area contributed by atoms with Crippen LogP contribution in [0, 0.1) is 0 Å². The van der Waals surface area contributed by atoms with Gasteiger partial charge in [-0.15, -0.1) is 0 Å². The molecule has 0 rings (SSSR count). The second-order valence-electron chi connectivity index (χ2n) is 23.2. The fourth-order valence-corrected chi connectivity index (χ4v) is 10.0. The number of aliphatic hydroxyl groups excluding tert-OH is 2. The molecule has 0 heterocycles. The summed E-state index contributed by atoms with van der Waals surface area (Å²) in [6, 6.07) is -0.659. The lowest BCUT2D eigenvalue weighted by Gasteiger charge is -2.19. The number of rotatable bonds is 63. The van der Waals surface area contributed by atoms with E-state index in [0.717, 1.165) is 103 Å². The van der Waals surface area contributed by atoms with Gasteiger partial charge in [0.2, 0.25) is 5.91 Å². The zero-order valence-electron chi connectivity index (χ0n) is 54.0. The van der Waals surface area contributed by atoms with Gasteiger partial charge in [0.05, 0.1) is 18.8 Å². The van der Waals surface area contributed by atoms with Crippen LogP contribution in [0.15, 0.2) is 146 Å². The molecule has 2 atom stereocenters. The number of aliphatic hydroxyl groups is 2. The second kappa shape index (κ2) is 71.5. The molecule has 0 aromatic carbocycles. The van der Waals surface area contributed by atoms with E-state index in [1.165, 1.54) is 199 Å². The van der Waals surface area contributed by atoms with Crippen LogP contribution in [0.5, 0.6) is 0 Å². The van der Waals surface area contributed by atoms with Gasteiger partial charge < -0.3 is 15.5 Å². The standard InChI is InChI=1S/C78H133NO3/c1-3-5-7-9-11-13-15-17-19-21-23-25-27-29-31-33-35-36-37-38-39-40-41-42-44-46-48-50-52-54-56-58-60-62-64-66-68-70-72-74-78(82)79-76(75-80)77(81)73-71-69-67-65-63-61-59-57-55-53-51-49-47-45-43-34-32-30-28-26-24-22-20-18-16-14-12-10-8-6-4-2/h5,7,11,13,17,19,23,25,29,31,35-36,38-39,41-42,46,48,55,57,63,65,71,73,76-77,80-81H,3-4,6,8-10,12,14-16,18,20-22,24,26-28,30,32-34,37,40,43-45,47,49-54,56,58-62,64,66-70,72,74-75H2,1-2H3,(H,79,82)/b7-5-,13-11-,19-17-,25-23-,31-29-,36-35-,39-38-,42-41-,48-46-,57-55+,65-63+,73-71+. The van der Waals surface area contributed by atoms with Gasteiger partial charge >= 0.3 is 0 Å². The summed E-state index contributed by atoms with van der Waals surface area (Å²) in [4.78, 5) is 12.5. The Hall–Kier alpha value is -3.73. The summed E-state index contributed by atoms with van der Waals surface area (Å²) < 4.78 is 0. The Kier molecular flexibility index (Phi) is 68.3. The minimum atomic E-state index is -0.883. The summed E-state index contributed by atoms with van der Waals surface area (Å²) in [5, 5.41) is 23.3. The zero-order valence-corrected chi connectivity index (χ0v) is 54.0. The maximum absolute atomic E-state index is 12.5. The molecule has 4 nitrogen and oxygen atoms in total. The van der Waals surface area contributed by atoms with E-state index in [4.69, 9.17) is 0 Å². The molecular formula is C78H133NO3. The van der Waals surface area contributed by atoms with E-state index in [2.05, 4.69) is 153 Å². The highest BCUT2D eigenvalue weighted by atomic mass is 16.3. The molecular weight excluding hydrogens is 999 g/mol. The highest BCUT2D eigenvalue weighted by Crippen LogP contribution is 2.17. The van der Waals surface area contributed by atoms with Gasteiger partial charge in [0.25, 0.3) is 0 Å². The van der Waals surface area contributed by atoms with Crippen molar-refractivity contribution < 1.29 is 15.0 Å². The minimum Gasteiger partial charge on any atom is -0.394 e. The van der Waals surface area contributed by atoms with Gasteiger partial charge in [0.15, 0.2) is 0 Å². The van der Waals surface area contributed by atoms with Gasteiger partial charge in [-0.2, -0.15) is 0 Å². The molecule has 4 heteroatoms. The van der Waals surface area contributed by atoms with Crippen LogP contribution in [0.4, 0.5) is 0 Å². The first-order chi connectivity index (χ1) is 40.7. The largest absolute Gasteiger partial charge is 0.394 e. The van der Waals surface area contributed by atoms with E-state index in [1.807, 2.05) is 6.08 Å². The third-order valence-corrected chi connectivity index (χ3v) is 15.3. The Morgan fingerprint density at radius 3 is 0.854 bits per heavy atom. The van der Waals surface area contributed by atoms with Crippen molar-refractivity contribution in [2.24, 2.45) is 0 Å². The van der Waals surface area contributed by atoms with Crippen molar-refractivity contribution in [2.75, 3.05) is 6.61 Å². The lowest BCUT2D eigenvalue weighted by molar-refractivity contribution is -0.123. The van der Waals surface area contributed by atoms with Crippen molar-refractivity contribution in [3.05, 3.63) is 146 Å². The van der Waals surface area contributed by atoms with E-state index in [9.17, 15) is 15.0 Å². The maximum atomic E-state index is 12.5. The molecule has 1 amide bonds. The van der Waals surface area contributed by atoms with Crippen LogP contribution in [0.1, 0.15) is 322 Å². The van der Waals surface area contributed by atoms with Crippen LogP contribution in [0.2, 0.25) is 0 Å². The van der Waals surface area contributed by atoms with Crippen molar-refractivity contribution in [1.29, 1.82) is 0 Å². The van der Waals surface area contributed by atoms with Crippen molar-refractivity contribution >= 4 is 5.91 Å². The number of hydrogen-bond donors (Lipinski definition) is 3. The highest BCUT2D eigenvalue weighted by Gasteiger charge is 2.18. The van der Waals surface area contributed by atoms with Gasteiger partial charge in [0, 0.05) is 6.42 Å². The number of carbonyl (C=O) groups excluding carboxylic acids is 1. The van der Waals surface area contributed by atoms with Crippen molar-refractivity contribution in [1.82, 2.24) is 5.32 Å². The Morgan fingerprint density at radius 1 is 0.305 bits per heavy atom. The molecule has 0 aromatic rings. The monoisotopic (exact) mass is 1130 g/mol. The quantitative estimate of drug-likeness (QED) is 0.0420. The summed E-state index contributed by atoms with van der Waals surface area (Å²) in [7, 11) is 0. The molecule has 0 radical (unpaired) electrons. The van der Waals surface area contributed by atoms with Crippen LogP contribution in [0.3, 0.4) is 0 Å². The fraction of sp³-hybridized carbons (Fsp3) is 0.679. The van der Waals surface area contributed by atoms with Crippen LogP contribution < -0.4 is 5.32 Å². The molecule has 468 valence electrons. The van der Waals surface area contributed by atoms with Crippen LogP contribution >= 0.6 is 0 Å². The highest BCUT2D eigenvalue weighted by molar-refractivity contribution is 5.76. The number of amides is 1. The lowest BCUT2D eigenvalue weighted by Crippen LogP contribution is -2.45. The third kappa shape index (κ3) is 67.1. The molecule has 0 aliphatic carbocycles. The average Bonchev–Trinajstić information content (AvgIpc) is 3.50. The van der Waals surface area contributed by atoms with Crippen molar-refractivity contribution in [3.8, 4) is 0 Å². The molecule has 3 N–H and O–H groups in total. The number of hydrogen-bond acceptors (Lipinski definition) is 3. The summed E-state index contributed by atoms with van der Waals surface area (Å²) >= 11 is 0. The fourth-order valence-electron chi connectivity index (χ4n) is 10.0. The van der Waals surface area contributed by atoms with Gasteiger partial charge in [-0.3, -0.25) is 4.79 Å². The number of allylic oxidation sites excluding steroid dienone is 23. The Morgan fingerprint density at radius 2 is 0.549 bits per heavy atom. The van der Waals surface area contributed by atoms with Crippen LogP contribution in [0.25, 0.3) is 0 Å². The van der Waals surface area contributed by atoms with E-state index >= 15 is 0 Å². The first kappa shape index (κ1) is 78.3. The minimum absolute atomic E-state index is 0.0842. The average molecular weight is 1130 g/mol. The molecule has 0 saturated carbocycles. The molecule has 82 heavy (non-hydrogen) atoms. The first-order valence-electron chi connectivity index (χ1n) is 35.0. The SMILES string of the molecule is CC/C=C\C/C=C\C/C=C\C/C=C\C/C=C\C/C=C\C/C=C\C/C=C\C/C=C\CCCCCCCCCCCCCC(=O)NC(CO)C(O)/C=C/CC/C=C/CC/C=C/CCCCCCCCCCCCCCCCCCCCCCC. The van der Waals surface area contributed by atoms with Crippen LogP contribution in [-0.2, 0) is 4.79 Å². The molecule has 0 fully saturated rings. The summed E-state index contributed by atoms with van der Waals surface area (Å²) in [6.45, 7) is 4.20. The van der Waals surface area contributed by atoms with E-state index < -0.39 is 12.1 Å². The van der Waals surface area contributed by atoms with E-state index in [-0.39, 0.29) is 12.5 Å².